The molecule has 0 bridgehead atoms. The number of rotatable bonds is 5. The molecule has 0 radical (unpaired) electrons. The van der Waals surface area contributed by atoms with Crippen LogP contribution in [0.15, 0.2) is 29.4 Å². The summed E-state index contributed by atoms with van der Waals surface area (Å²) in [6, 6.07) is 3.08. The van der Waals surface area contributed by atoms with Crippen molar-refractivity contribution < 1.29 is 27.5 Å². The lowest BCUT2D eigenvalue weighted by Gasteiger charge is -2.36. The first kappa shape index (κ1) is 22.6. The van der Waals surface area contributed by atoms with Crippen LogP contribution in [-0.2, 0) is 29.1 Å². The zero-order valence-electron chi connectivity index (χ0n) is 17.6. The largest absolute Gasteiger partial charge is 0.452 e. The van der Waals surface area contributed by atoms with Crippen molar-refractivity contribution in [3.05, 3.63) is 24.5 Å². The molecule has 0 aliphatic carbocycles. The Morgan fingerprint density at radius 1 is 1.20 bits per heavy atom. The summed E-state index contributed by atoms with van der Waals surface area (Å²) in [6.07, 6.45) is 2.53. The van der Waals surface area contributed by atoms with Crippen LogP contribution >= 0.6 is 0 Å². The van der Waals surface area contributed by atoms with E-state index in [4.69, 9.17) is 9.47 Å². The Morgan fingerprint density at radius 3 is 2.40 bits per heavy atom. The van der Waals surface area contributed by atoms with Gasteiger partial charge in [-0.05, 0) is 45.7 Å². The van der Waals surface area contributed by atoms with Gasteiger partial charge < -0.3 is 14.4 Å². The smallest absolute Gasteiger partial charge is 0.309 e. The zero-order chi connectivity index (χ0) is 21.9. The Hall–Kier alpha value is -2.04. The highest BCUT2D eigenvalue weighted by Crippen LogP contribution is 2.25. The number of piperidine rings is 1. The second-order valence-electron chi connectivity index (χ2n) is 7.95. The van der Waals surface area contributed by atoms with Crippen molar-refractivity contribution in [3.63, 3.8) is 0 Å². The van der Waals surface area contributed by atoms with Gasteiger partial charge in [-0.15, -0.1) is 0 Å². The molecule has 3 atom stereocenters. The Balaban J connectivity index is 1.52. The maximum Gasteiger partial charge on any atom is 0.309 e. The molecule has 3 heterocycles. The fourth-order valence-electron chi connectivity index (χ4n) is 3.92. The molecule has 2 aliphatic rings. The van der Waals surface area contributed by atoms with Gasteiger partial charge in [0.15, 0.2) is 6.10 Å². The molecular formula is C20H29N3O6S. The normalized spacial score (nSPS) is 25.0. The van der Waals surface area contributed by atoms with Crippen LogP contribution in [0.5, 0.6) is 0 Å². The summed E-state index contributed by atoms with van der Waals surface area (Å²) in [5.74, 6) is -1.12. The summed E-state index contributed by atoms with van der Waals surface area (Å²) in [6.45, 7) is 6.76. The molecule has 10 heteroatoms. The van der Waals surface area contributed by atoms with E-state index in [1.807, 2.05) is 13.8 Å². The number of sulfonamides is 1. The number of ether oxygens (including phenoxy) is 2. The van der Waals surface area contributed by atoms with Crippen LogP contribution in [0.1, 0.15) is 33.6 Å². The van der Waals surface area contributed by atoms with Gasteiger partial charge in [0.05, 0.1) is 18.1 Å². The molecule has 3 unspecified atom stereocenters. The van der Waals surface area contributed by atoms with E-state index in [0.717, 1.165) is 0 Å². The molecule has 2 aliphatic heterocycles. The van der Waals surface area contributed by atoms with Crippen LogP contribution in [0.25, 0.3) is 0 Å². The second-order valence-corrected chi connectivity index (χ2v) is 9.88. The molecule has 1 amide bonds. The van der Waals surface area contributed by atoms with Crippen LogP contribution in [0.3, 0.4) is 0 Å². The third-order valence-corrected chi connectivity index (χ3v) is 7.31. The number of nitrogens with zero attached hydrogens (tertiary/aromatic N) is 3. The van der Waals surface area contributed by atoms with Gasteiger partial charge in [-0.1, -0.05) is 0 Å². The molecule has 0 aromatic carbocycles. The first-order chi connectivity index (χ1) is 14.2. The highest BCUT2D eigenvalue weighted by Gasteiger charge is 2.35. The first-order valence-corrected chi connectivity index (χ1v) is 11.7. The van der Waals surface area contributed by atoms with Crippen molar-refractivity contribution in [2.24, 2.45) is 5.92 Å². The van der Waals surface area contributed by atoms with Gasteiger partial charge in [0.2, 0.25) is 10.0 Å². The molecule has 2 saturated heterocycles. The average molecular weight is 440 g/mol. The maximum atomic E-state index is 12.7. The standard InChI is InChI=1S/C20H29N3O6S/c1-14-12-22(13-15(2)28-14)19(24)16(3)29-20(25)17-6-9-23(10-7-17)30(26,27)18-5-4-8-21-11-18/h4-5,8,11,14-17H,6-7,9-10,12-13H2,1-3H3. The van der Waals surface area contributed by atoms with Gasteiger partial charge in [-0.2, -0.15) is 4.31 Å². The van der Waals surface area contributed by atoms with Gasteiger partial charge in [0, 0.05) is 38.6 Å². The van der Waals surface area contributed by atoms with Gasteiger partial charge >= 0.3 is 5.97 Å². The SMILES string of the molecule is CC1CN(C(=O)C(C)OC(=O)C2CCN(S(=O)(=O)c3cccnc3)CC2)CC(C)O1. The maximum absolute atomic E-state index is 12.7. The molecule has 0 N–H and O–H groups in total. The zero-order valence-corrected chi connectivity index (χ0v) is 18.4. The summed E-state index contributed by atoms with van der Waals surface area (Å²) in [5.41, 5.74) is 0. The first-order valence-electron chi connectivity index (χ1n) is 10.2. The lowest BCUT2D eigenvalue weighted by Crippen LogP contribution is -2.51. The van der Waals surface area contributed by atoms with Crippen molar-refractivity contribution in [3.8, 4) is 0 Å². The summed E-state index contributed by atoms with van der Waals surface area (Å²) < 4.78 is 37.8. The minimum absolute atomic E-state index is 0.0632. The van der Waals surface area contributed by atoms with E-state index in [1.165, 1.54) is 22.8 Å². The van der Waals surface area contributed by atoms with Crippen molar-refractivity contribution in [1.82, 2.24) is 14.2 Å². The quantitative estimate of drug-likeness (QED) is 0.631. The Kier molecular flexibility index (Phi) is 7.10. The van der Waals surface area contributed by atoms with Crippen molar-refractivity contribution in [1.29, 1.82) is 0 Å². The lowest BCUT2D eigenvalue weighted by atomic mass is 9.98. The van der Waals surface area contributed by atoms with E-state index in [0.29, 0.717) is 25.9 Å². The van der Waals surface area contributed by atoms with Crippen LogP contribution in [0.4, 0.5) is 0 Å². The Labute approximate surface area is 177 Å². The third-order valence-electron chi connectivity index (χ3n) is 5.43. The lowest BCUT2D eigenvalue weighted by molar-refractivity contribution is -0.167. The summed E-state index contributed by atoms with van der Waals surface area (Å²) >= 11 is 0. The van der Waals surface area contributed by atoms with Crippen LogP contribution < -0.4 is 0 Å². The molecule has 166 valence electrons. The van der Waals surface area contributed by atoms with E-state index in [1.54, 1.807) is 17.9 Å². The van der Waals surface area contributed by atoms with Crippen molar-refractivity contribution in [2.75, 3.05) is 26.2 Å². The number of amides is 1. The predicted molar refractivity (Wildman–Crippen MR) is 108 cm³/mol. The monoisotopic (exact) mass is 439 g/mol. The van der Waals surface area contributed by atoms with Crippen LogP contribution in [0.2, 0.25) is 0 Å². The molecule has 3 rings (SSSR count). The molecule has 1 aromatic rings. The highest BCUT2D eigenvalue weighted by molar-refractivity contribution is 7.89. The van der Waals surface area contributed by atoms with Crippen LogP contribution in [-0.4, -0.2) is 79.0 Å². The summed E-state index contributed by atoms with van der Waals surface area (Å²) in [4.78, 5) is 30.9. The Bertz CT molecular complexity index is 845. The number of esters is 1. The molecule has 0 spiro atoms. The van der Waals surface area contributed by atoms with Gasteiger partial charge in [-0.25, -0.2) is 8.42 Å². The fourth-order valence-corrected chi connectivity index (χ4v) is 5.35. The third kappa shape index (κ3) is 5.16. The number of carbonyl (C=O) groups excluding carboxylic acids is 2. The molecule has 2 fully saturated rings. The van der Waals surface area contributed by atoms with Gasteiger partial charge in [0.25, 0.3) is 5.91 Å². The number of pyridine rings is 1. The predicted octanol–water partition coefficient (Wildman–Crippen LogP) is 1.05. The average Bonchev–Trinajstić information content (AvgIpc) is 2.73. The second kappa shape index (κ2) is 9.40. The van der Waals surface area contributed by atoms with E-state index < -0.39 is 28.0 Å². The Morgan fingerprint density at radius 2 is 1.83 bits per heavy atom. The summed E-state index contributed by atoms with van der Waals surface area (Å²) in [5, 5.41) is 0. The highest BCUT2D eigenvalue weighted by atomic mass is 32.2. The number of carbonyl (C=O) groups is 2. The van der Waals surface area contributed by atoms with E-state index in [-0.39, 0.29) is 36.1 Å². The molecular weight excluding hydrogens is 410 g/mol. The van der Waals surface area contributed by atoms with Crippen molar-refractivity contribution in [2.45, 2.75) is 56.8 Å². The summed E-state index contributed by atoms with van der Waals surface area (Å²) in [7, 11) is -3.63. The number of morpholine rings is 1. The molecule has 9 nitrogen and oxygen atoms in total. The molecule has 0 saturated carbocycles. The topological polar surface area (TPSA) is 106 Å². The van der Waals surface area contributed by atoms with E-state index in [2.05, 4.69) is 4.98 Å². The van der Waals surface area contributed by atoms with Gasteiger partial charge in [0.1, 0.15) is 4.90 Å². The molecule has 30 heavy (non-hydrogen) atoms. The van der Waals surface area contributed by atoms with E-state index >= 15 is 0 Å². The fraction of sp³-hybridized carbons (Fsp3) is 0.650. The van der Waals surface area contributed by atoms with Crippen LogP contribution in [0, 0.1) is 5.92 Å². The minimum Gasteiger partial charge on any atom is -0.452 e. The van der Waals surface area contributed by atoms with Gasteiger partial charge in [-0.3, -0.25) is 14.6 Å². The number of hydrogen-bond donors (Lipinski definition) is 0. The van der Waals surface area contributed by atoms with E-state index in [9.17, 15) is 18.0 Å². The number of aromatic nitrogens is 1. The number of hydrogen-bond acceptors (Lipinski definition) is 7. The van der Waals surface area contributed by atoms with Crippen molar-refractivity contribution >= 4 is 21.9 Å². The molecule has 1 aromatic heterocycles. The minimum atomic E-state index is -3.63.